The van der Waals surface area contributed by atoms with E-state index in [0.29, 0.717) is 32.3 Å². The summed E-state index contributed by atoms with van der Waals surface area (Å²) in [4.78, 5) is 12.8. The first-order valence-corrected chi connectivity index (χ1v) is 10.6. The zero-order valence-corrected chi connectivity index (χ0v) is 16.9. The molecule has 2 N–H and O–H groups in total. The topological polar surface area (TPSA) is 59.6 Å². The van der Waals surface area contributed by atoms with Gasteiger partial charge in [-0.05, 0) is 55.5 Å². The van der Waals surface area contributed by atoms with Crippen molar-refractivity contribution in [1.29, 1.82) is 0 Å². The first-order valence-electron chi connectivity index (χ1n) is 10.6. The maximum atomic E-state index is 12.8. The largest absolute Gasteiger partial charge is 0.489 e. The van der Waals surface area contributed by atoms with Crippen LogP contribution in [0.15, 0.2) is 54.6 Å². The molecule has 1 atom stereocenters. The Kier molecular flexibility index (Phi) is 6.47. The molecule has 2 aromatic rings. The molecule has 5 heteroatoms. The van der Waals surface area contributed by atoms with Crippen LogP contribution in [-0.2, 0) is 21.7 Å². The van der Waals surface area contributed by atoms with Crippen LogP contribution in [0, 0.1) is 0 Å². The van der Waals surface area contributed by atoms with Gasteiger partial charge in [-0.25, -0.2) is 0 Å². The molecular formula is C24H30N2O3. The summed E-state index contributed by atoms with van der Waals surface area (Å²) in [5, 5.41) is 6.76. The summed E-state index contributed by atoms with van der Waals surface area (Å²) in [6.45, 7) is 2.88. The Morgan fingerprint density at radius 1 is 1.10 bits per heavy atom. The van der Waals surface area contributed by atoms with Gasteiger partial charge in [-0.15, -0.1) is 0 Å². The highest BCUT2D eigenvalue weighted by Crippen LogP contribution is 2.33. The molecule has 2 aliphatic heterocycles. The van der Waals surface area contributed by atoms with Crippen LogP contribution in [0.1, 0.15) is 43.2 Å². The molecule has 0 bridgehead atoms. The molecule has 0 spiro atoms. The average Bonchev–Trinajstić information content (AvgIpc) is 3.27. The fourth-order valence-electron chi connectivity index (χ4n) is 4.29. The fraction of sp³-hybridized carbons (Fsp3) is 0.458. The number of carbonyl (C=O) groups excluding carboxylic acids is 1. The van der Waals surface area contributed by atoms with E-state index in [4.69, 9.17) is 9.47 Å². The van der Waals surface area contributed by atoms with Crippen LogP contribution in [0.4, 0.5) is 0 Å². The minimum atomic E-state index is -0.355. The SMILES string of the molecule is O=C(CC1CCCN1)NC1(c2ccc(OCc3ccccc3)cc2)CCOCC1. The summed E-state index contributed by atoms with van der Waals surface area (Å²) >= 11 is 0. The van der Waals surface area contributed by atoms with Crippen LogP contribution in [-0.4, -0.2) is 31.7 Å². The smallest absolute Gasteiger partial charge is 0.222 e. The minimum absolute atomic E-state index is 0.121. The van der Waals surface area contributed by atoms with Gasteiger partial charge in [0.2, 0.25) is 5.91 Å². The normalized spacial score (nSPS) is 20.9. The molecule has 154 valence electrons. The summed E-state index contributed by atoms with van der Waals surface area (Å²) in [5.74, 6) is 0.956. The number of benzene rings is 2. The first-order chi connectivity index (χ1) is 14.2. The number of ether oxygens (including phenoxy) is 2. The third kappa shape index (κ3) is 5.17. The van der Waals surface area contributed by atoms with Gasteiger partial charge in [-0.3, -0.25) is 4.79 Å². The standard InChI is InChI=1S/C24H30N2O3/c27-23(17-21-7-4-14-25-21)26-24(12-15-28-16-13-24)20-8-10-22(11-9-20)29-18-19-5-2-1-3-6-19/h1-3,5-6,8-11,21,25H,4,7,12-18H2,(H,26,27). The van der Waals surface area contributed by atoms with E-state index >= 15 is 0 Å². The van der Waals surface area contributed by atoms with Gasteiger partial charge in [0.15, 0.2) is 0 Å². The Hall–Kier alpha value is -2.37. The Balaban J connectivity index is 1.42. The number of carbonyl (C=O) groups is 1. The molecular weight excluding hydrogens is 364 g/mol. The van der Waals surface area contributed by atoms with Crippen LogP contribution < -0.4 is 15.4 Å². The van der Waals surface area contributed by atoms with Gasteiger partial charge in [-0.1, -0.05) is 42.5 Å². The maximum Gasteiger partial charge on any atom is 0.222 e. The Bertz CT molecular complexity index is 780. The second kappa shape index (κ2) is 9.42. The van der Waals surface area contributed by atoms with E-state index in [9.17, 15) is 4.79 Å². The minimum Gasteiger partial charge on any atom is -0.489 e. The van der Waals surface area contributed by atoms with Crippen molar-refractivity contribution in [3.63, 3.8) is 0 Å². The van der Waals surface area contributed by atoms with Gasteiger partial charge in [0.25, 0.3) is 0 Å². The van der Waals surface area contributed by atoms with Crippen LogP contribution in [0.2, 0.25) is 0 Å². The lowest BCUT2D eigenvalue weighted by atomic mass is 9.82. The van der Waals surface area contributed by atoms with Gasteiger partial charge >= 0.3 is 0 Å². The van der Waals surface area contributed by atoms with Gasteiger partial charge < -0.3 is 20.1 Å². The number of hydrogen-bond donors (Lipinski definition) is 2. The molecule has 5 nitrogen and oxygen atoms in total. The molecule has 0 radical (unpaired) electrons. The summed E-state index contributed by atoms with van der Waals surface area (Å²) in [5.41, 5.74) is 1.91. The van der Waals surface area contributed by atoms with Crippen LogP contribution >= 0.6 is 0 Å². The second-order valence-corrected chi connectivity index (χ2v) is 8.04. The van der Waals surface area contributed by atoms with E-state index in [-0.39, 0.29) is 11.4 Å². The number of rotatable bonds is 7. The highest BCUT2D eigenvalue weighted by atomic mass is 16.5. The third-order valence-electron chi connectivity index (χ3n) is 5.97. The summed E-state index contributed by atoms with van der Waals surface area (Å²) in [6.07, 6.45) is 4.36. The van der Waals surface area contributed by atoms with E-state index in [0.717, 1.165) is 49.1 Å². The van der Waals surface area contributed by atoms with Crippen LogP contribution in [0.3, 0.4) is 0 Å². The first kappa shape index (κ1) is 19.9. The van der Waals surface area contributed by atoms with E-state index in [1.807, 2.05) is 30.3 Å². The molecule has 0 aromatic heterocycles. The van der Waals surface area contributed by atoms with Crippen LogP contribution in [0.5, 0.6) is 5.75 Å². The van der Waals surface area contributed by atoms with Crippen molar-refractivity contribution in [3.8, 4) is 5.75 Å². The quantitative estimate of drug-likeness (QED) is 0.754. The molecule has 2 fully saturated rings. The number of nitrogens with one attached hydrogen (secondary N) is 2. The van der Waals surface area contributed by atoms with Crippen molar-refractivity contribution in [2.45, 2.75) is 50.3 Å². The highest BCUT2D eigenvalue weighted by molar-refractivity contribution is 5.77. The van der Waals surface area contributed by atoms with Crippen molar-refractivity contribution < 1.29 is 14.3 Å². The zero-order valence-electron chi connectivity index (χ0n) is 16.9. The van der Waals surface area contributed by atoms with Crippen molar-refractivity contribution in [2.24, 2.45) is 0 Å². The van der Waals surface area contributed by atoms with E-state index < -0.39 is 0 Å². The lowest BCUT2D eigenvalue weighted by molar-refractivity contribution is -0.125. The van der Waals surface area contributed by atoms with E-state index in [1.54, 1.807) is 0 Å². The van der Waals surface area contributed by atoms with Gasteiger partial charge in [0.05, 0.1) is 5.54 Å². The van der Waals surface area contributed by atoms with Crippen molar-refractivity contribution in [1.82, 2.24) is 10.6 Å². The predicted molar refractivity (Wildman–Crippen MR) is 113 cm³/mol. The highest BCUT2D eigenvalue weighted by Gasteiger charge is 2.36. The van der Waals surface area contributed by atoms with Gasteiger partial charge in [-0.2, -0.15) is 0 Å². The van der Waals surface area contributed by atoms with E-state index in [2.05, 4.69) is 34.9 Å². The summed E-state index contributed by atoms with van der Waals surface area (Å²) in [7, 11) is 0. The molecule has 1 unspecified atom stereocenters. The number of amides is 1. The van der Waals surface area contributed by atoms with Gasteiger partial charge in [0.1, 0.15) is 12.4 Å². The van der Waals surface area contributed by atoms with E-state index in [1.165, 1.54) is 0 Å². The van der Waals surface area contributed by atoms with Crippen LogP contribution in [0.25, 0.3) is 0 Å². The molecule has 2 aliphatic rings. The predicted octanol–water partition coefficient (Wildman–Crippen LogP) is 3.53. The molecule has 1 amide bonds. The summed E-state index contributed by atoms with van der Waals surface area (Å²) in [6, 6.07) is 18.6. The Morgan fingerprint density at radius 2 is 1.86 bits per heavy atom. The lowest BCUT2D eigenvalue weighted by Crippen LogP contribution is -2.50. The lowest BCUT2D eigenvalue weighted by Gasteiger charge is -2.39. The van der Waals surface area contributed by atoms with Crippen molar-refractivity contribution in [2.75, 3.05) is 19.8 Å². The molecule has 2 aromatic carbocycles. The average molecular weight is 395 g/mol. The zero-order chi connectivity index (χ0) is 19.9. The fourth-order valence-corrected chi connectivity index (χ4v) is 4.29. The van der Waals surface area contributed by atoms with Crippen molar-refractivity contribution >= 4 is 5.91 Å². The Labute approximate surface area is 172 Å². The van der Waals surface area contributed by atoms with Crippen molar-refractivity contribution in [3.05, 3.63) is 65.7 Å². The van der Waals surface area contributed by atoms with Gasteiger partial charge in [0, 0.05) is 25.7 Å². The molecule has 0 saturated carbocycles. The molecule has 4 rings (SSSR count). The second-order valence-electron chi connectivity index (χ2n) is 8.04. The third-order valence-corrected chi connectivity index (χ3v) is 5.97. The monoisotopic (exact) mass is 394 g/mol. The molecule has 2 heterocycles. The maximum absolute atomic E-state index is 12.8. The summed E-state index contributed by atoms with van der Waals surface area (Å²) < 4.78 is 11.5. The molecule has 29 heavy (non-hydrogen) atoms. The Morgan fingerprint density at radius 3 is 2.55 bits per heavy atom. The number of hydrogen-bond acceptors (Lipinski definition) is 4. The molecule has 2 saturated heterocycles. The molecule has 0 aliphatic carbocycles.